The van der Waals surface area contributed by atoms with Crippen molar-refractivity contribution < 1.29 is 0 Å². The first-order valence-corrected chi connectivity index (χ1v) is 8.01. The van der Waals surface area contributed by atoms with Gasteiger partial charge in [0.05, 0.1) is 0 Å². The predicted molar refractivity (Wildman–Crippen MR) is 83.6 cm³/mol. The Morgan fingerprint density at radius 1 is 1.28 bits per heavy atom. The first-order chi connectivity index (χ1) is 8.70. The van der Waals surface area contributed by atoms with Crippen LogP contribution in [0.4, 0.5) is 0 Å². The summed E-state index contributed by atoms with van der Waals surface area (Å²) in [5.41, 5.74) is 2.63. The molecule has 1 aromatic carbocycles. The summed E-state index contributed by atoms with van der Waals surface area (Å²) < 4.78 is 1.19. The summed E-state index contributed by atoms with van der Waals surface area (Å²) in [6, 6.07) is 8.42. The molecule has 4 heteroatoms. The van der Waals surface area contributed by atoms with E-state index in [-0.39, 0.29) is 0 Å². The highest BCUT2D eigenvalue weighted by Crippen LogP contribution is 2.29. The van der Waals surface area contributed by atoms with Crippen molar-refractivity contribution in [3.05, 3.63) is 55.6 Å². The second kappa shape index (κ2) is 6.71. The highest BCUT2D eigenvalue weighted by molar-refractivity contribution is 9.10. The van der Waals surface area contributed by atoms with Gasteiger partial charge in [0.2, 0.25) is 0 Å². The zero-order chi connectivity index (χ0) is 13.0. The molecular weight excluding hydrogens is 330 g/mol. The van der Waals surface area contributed by atoms with Crippen molar-refractivity contribution in [1.29, 1.82) is 0 Å². The Morgan fingerprint density at radius 3 is 2.56 bits per heavy atom. The maximum Gasteiger partial charge on any atom is 0.0406 e. The summed E-state index contributed by atoms with van der Waals surface area (Å²) in [6.07, 6.45) is 0.973. The second-order valence-electron chi connectivity index (χ2n) is 4.12. The van der Waals surface area contributed by atoms with E-state index in [1.165, 1.54) is 15.6 Å². The van der Waals surface area contributed by atoms with Gasteiger partial charge in [-0.15, -0.1) is 0 Å². The van der Waals surface area contributed by atoms with Crippen molar-refractivity contribution in [2.24, 2.45) is 0 Å². The number of benzene rings is 1. The first-order valence-electron chi connectivity index (χ1n) is 5.90. The van der Waals surface area contributed by atoms with Crippen LogP contribution in [-0.2, 0) is 6.42 Å². The van der Waals surface area contributed by atoms with E-state index in [0.717, 1.165) is 18.0 Å². The molecule has 1 atom stereocenters. The molecular formula is C14H15BrClNS. The zero-order valence-corrected chi connectivity index (χ0v) is 13.3. The fraction of sp³-hybridized carbons (Fsp3) is 0.286. The van der Waals surface area contributed by atoms with E-state index in [0.29, 0.717) is 6.04 Å². The molecule has 0 radical (unpaired) electrons. The van der Waals surface area contributed by atoms with Crippen LogP contribution in [0.15, 0.2) is 39.5 Å². The lowest BCUT2D eigenvalue weighted by atomic mass is 10.0. The summed E-state index contributed by atoms with van der Waals surface area (Å²) in [7, 11) is 0. The minimum Gasteiger partial charge on any atom is -0.310 e. The molecule has 1 unspecified atom stereocenters. The van der Waals surface area contributed by atoms with Crippen molar-refractivity contribution in [2.45, 2.75) is 19.4 Å². The molecule has 0 saturated heterocycles. The number of thiophene rings is 1. The van der Waals surface area contributed by atoms with E-state index in [1.807, 2.05) is 12.1 Å². The number of halogens is 2. The molecule has 1 N–H and O–H groups in total. The molecule has 0 aliphatic rings. The van der Waals surface area contributed by atoms with Crippen LogP contribution in [0.5, 0.6) is 0 Å². The molecule has 0 aliphatic carbocycles. The van der Waals surface area contributed by atoms with Gasteiger partial charge in [-0.1, -0.05) is 30.7 Å². The Balaban J connectivity index is 2.16. The van der Waals surface area contributed by atoms with Gasteiger partial charge in [-0.2, -0.15) is 11.3 Å². The summed E-state index contributed by atoms with van der Waals surface area (Å²) >= 11 is 11.2. The molecule has 2 rings (SSSR count). The van der Waals surface area contributed by atoms with Gasteiger partial charge in [0.25, 0.3) is 0 Å². The molecule has 1 aromatic heterocycles. The lowest BCUT2D eigenvalue weighted by molar-refractivity contribution is 0.549. The molecule has 0 amide bonds. The largest absolute Gasteiger partial charge is 0.310 e. The number of rotatable bonds is 5. The molecule has 0 bridgehead atoms. The summed E-state index contributed by atoms with van der Waals surface area (Å²) in [4.78, 5) is 0. The third-order valence-corrected chi connectivity index (χ3v) is 4.82. The molecule has 0 aliphatic heterocycles. The second-order valence-corrected chi connectivity index (χ2v) is 6.15. The van der Waals surface area contributed by atoms with Crippen LogP contribution < -0.4 is 5.32 Å². The minimum atomic E-state index is 0.344. The fourth-order valence-corrected chi connectivity index (χ4v) is 3.69. The van der Waals surface area contributed by atoms with Crippen LogP contribution in [0.25, 0.3) is 0 Å². The van der Waals surface area contributed by atoms with Crippen LogP contribution in [0, 0.1) is 0 Å². The highest BCUT2D eigenvalue weighted by atomic mass is 79.9. The number of likely N-dealkylation sites (N-methyl/N-ethyl adjacent to an activating group) is 1. The average Bonchev–Trinajstić information content (AvgIpc) is 2.78. The molecule has 1 heterocycles. The smallest absolute Gasteiger partial charge is 0.0406 e. The number of hydrogen-bond acceptors (Lipinski definition) is 2. The molecule has 2 aromatic rings. The maximum absolute atomic E-state index is 5.91. The van der Waals surface area contributed by atoms with Gasteiger partial charge in [-0.25, -0.2) is 0 Å². The van der Waals surface area contributed by atoms with Crippen molar-refractivity contribution in [1.82, 2.24) is 5.32 Å². The lowest BCUT2D eigenvalue weighted by Gasteiger charge is -2.18. The SMILES string of the molecule is CCNC(Cc1ccc(Cl)cc1)c1cscc1Br. The molecule has 18 heavy (non-hydrogen) atoms. The van der Waals surface area contributed by atoms with E-state index < -0.39 is 0 Å². The monoisotopic (exact) mass is 343 g/mol. The van der Waals surface area contributed by atoms with Crippen LogP contribution in [0.2, 0.25) is 5.02 Å². The Kier molecular flexibility index (Phi) is 5.25. The number of hydrogen-bond donors (Lipinski definition) is 1. The Bertz CT molecular complexity index is 495. The van der Waals surface area contributed by atoms with Gasteiger partial charge in [-0.3, -0.25) is 0 Å². The van der Waals surface area contributed by atoms with Crippen molar-refractivity contribution in [3.63, 3.8) is 0 Å². The van der Waals surface area contributed by atoms with E-state index in [9.17, 15) is 0 Å². The normalized spacial score (nSPS) is 12.6. The molecule has 0 saturated carbocycles. The van der Waals surface area contributed by atoms with Crippen LogP contribution in [-0.4, -0.2) is 6.54 Å². The first kappa shape index (κ1) is 14.1. The van der Waals surface area contributed by atoms with Crippen LogP contribution in [0.3, 0.4) is 0 Å². The molecule has 0 spiro atoms. The van der Waals surface area contributed by atoms with E-state index in [4.69, 9.17) is 11.6 Å². The molecule has 1 nitrogen and oxygen atoms in total. The Morgan fingerprint density at radius 2 is 2.00 bits per heavy atom. The van der Waals surface area contributed by atoms with Gasteiger partial charge in [0, 0.05) is 20.9 Å². The fourth-order valence-electron chi connectivity index (χ4n) is 1.93. The van der Waals surface area contributed by atoms with Gasteiger partial charge >= 0.3 is 0 Å². The highest BCUT2D eigenvalue weighted by Gasteiger charge is 2.14. The quantitative estimate of drug-likeness (QED) is 0.799. The third-order valence-electron chi connectivity index (χ3n) is 2.82. The van der Waals surface area contributed by atoms with Gasteiger partial charge in [-0.05, 0) is 57.5 Å². The molecule has 0 fully saturated rings. The zero-order valence-electron chi connectivity index (χ0n) is 10.1. The summed E-state index contributed by atoms with van der Waals surface area (Å²) in [6.45, 7) is 3.09. The van der Waals surface area contributed by atoms with E-state index in [2.05, 4.69) is 51.1 Å². The topological polar surface area (TPSA) is 12.0 Å². The van der Waals surface area contributed by atoms with Gasteiger partial charge in [0.15, 0.2) is 0 Å². The minimum absolute atomic E-state index is 0.344. The summed E-state index contributed by atoms with van der Waals surface area (Å²) in [5.74, 6) is 0. The third kappa shape index (κ3) is 3.58. The van der Waals surface area contributed by atoms with Gasteiger partial charge in [0.1, 0.15) is 0 Å². The lowest BCUT2D eigenvalue weighted by Crippen LogP contribution is -2.22. The van der Waals surface area contributed by atoms with E-state index >= 15 is 0 Å². The Hall–Kier alpha value is -0.350. The van der Waals surface area contributed by atoms with E-state index in [1.54, 1.807) is 11.3 Å². The van der Waals surface area contributed by atoms with Crippen LogP contribution in [0.1, 0.15) is 24.1 Å². The van der Waals surface area contributed by atoms with Crippen molar-refractivity contribution >= 4 is 38.9 Å². The van der Waals surface area contributed by atoms with Gasteiger partial charge < -0.3 is 5.32 Å². The van der Waals surface area contributed by atoms with Crippen molar-refractivity contribution in [3.8, 4) is 0 Å². The standard InChI is InChI=1S/C14H15BrClNS/c1-2-17-14(12-8-18-9-13(12)15)7-10-3-5-11(16)6-4-10/h3-6,8-9,14,17H,2,7H2,1H3. The maximum atomic E-state index is 5.91. The van der Waals surface area contributed by atoms with Crippen molar-refractivity contribution in [2.75, 3.05) is 6.54 Å². The average molecular weight is 345 g/mol. The predicted octanol–water partition coefficient (Wildman–Crippen LogP) is 5.06. The number of nitrogens with one attached hydrogen (secondary N) is 1. The van der Waals surface area contributed by atoms with Crippen LogP contribution >= 0.6 is 38.9 Å². The Labute approximate surface area is 125 Å². The molecule has 96 valence electrons. The summed E-state index contributed by atoms with van der Waals surface area (Å²) in [5, 5.41) is 8.65.